The zero-order chi connectivity index (χ0) is 44.8. The van der Waals surface area contributed by atoms with E-state index in [1.54, 1.807) is 0 Å². The largest absolute Gasteiger partial charge is 0.479 e. The molecule has 61 heavy (non-hydrogen) atoms. The molecule has 2 saturated heterocycles. The summed E-state index contributed by atoms with van der Waals surface area (Å²) in [7, 11) is 0. The normalized spacial score (nSPS) is 35.2. The smallest absolute Gasteiger partial charge is 0.332 e. The van der Waals surface area contributed by atoms with Crippen molar-refractivity contribution >= 4 is 29.4 Å². The highest BCUT2D eigenvalue weighted by atomic mass is 16.7. The molecule has 15 atom stereocenters. The second-order valence-electron chi connectivity index (χ2n) is 17.5. The lowest BCUT2D eigenvalue weighted by molar-refractivity contribution is -0.338. The Bertz CT molecular complexity index is 1410. The molecule has 2 heterocycles. The quantitative estimate of drug-likeness (QED) is 0.0675. The molecular weight excluding hydrogens is 800 g/mol. The SMILES string of the molecule is CCCCC(=O)CCC(=O)NCCCC(=O)C1CC(CC)[C@@H](O[C@@H]2OC(C)[C@@H](O)[C@H](O)C2O)[C@H](O[C@@H]2O[C@@H](CO)[C@H](O)C(O[C@@H](CC3CCCCC3)C(=O)O)C2NC(C)=O)C1. The maximum Gasteiger partial charge on any atom is 0.332 e. The lowest BCUT2D eigenvalue weighted by Gasteiger charge is -2.49. The number of amides is 2. The minimum atomic E-state index is -1.66. The van der Waals surface area contributed by atoms with Gasteiger partial charge >= 0.3 is 5.97 Å². The van der Waals surface area contributed by atoms with Gasteiger partial charge in [0.15, 0.2) is 18.7 Å². The molecule has 8 N–H and O–H groups in total. The van der Waals surface area contributed by atoms with Crippen molar-refractivity contribution in [3.63, 3.8) is 0 Å². The predicted octanol–water partition coefficient (Wildman–Crippen LogP) is 1.42. The van der Waals surface area contributed by atoms with Crippen LogP contribution in [0.3, 0.4) is 0 Å². The molecule has 4 aliphatic rings. The zero-order valence-corrected chi connectivity index (χ0v) is 36.2. The summed E-state index contributed by atoms with van der Waals surface area (Å²) in [5, 5.41) is 69.5. The molecule has 2 saturated carbocycles. The Labute approximate surface area is 358 Å². The fourth-order valence-corrected chi connectivity index (χ4v) is 9.16. The zero-order valence-electron chi connectivity index (χ0n) is 36.2. The summed E-state index contributed by atoms with van der Waals surface area (Å²) in [6, 6.07) is -1.31. The highest BCUT2D eigenvalue weighted by Crippen LogP contribution is 2.40. The van der Waals surface area contributed by atoms with Crippen LogP contribution in [0.4, 0.5) is 0 Å². The van der Waals surface area contributed by atoms with Crippen LogP contribution < -0.4 is 10.6 Å². The first kappa shape index (κ1) is 51.0. The number of hydrogen-bond acceptors (Lipinski definition) is 15. The number of Topliss-reactive ketones (excluding diaryl/α,β-unsaturated/α-hetero) is 2. The molecule has 0 bridgehead atoms. The summed E-state index contributed by atoms with van der Waals surface area (Å²) in [6.45, 7) is 6.12. The number of ketones is 2. The Balaban J connectivity index is 1.57. The van der Waals surface area contributed by atoms with Crippen LogP contribution in [0.1, 0.15) is 130 Å². The summed E-state index contributed by atoms with van der Waals surface area (Å²) in [6.07, 6.45) is -7.70. The molecule has 0 aromatic rings. The van der Waals surface area contributed by atoms with E-state index in [1.807, 2.05) is 13.8 Å². The molecule has 2 aliphatic heterocycles. The highest BCUT2D eigenvalue weighted by Gasteiger charge is 2.52. The van der Waals surface area contributed by atoms with Crippen LogP contribution in [-0.4, -0.2) is 153 Å². The van der Waals surface area contributed by atoms with Crippen LogP contribution >= 0.6 is 0 Å². The molecule has 18 heteroatoms. The van der Waals surface area contributed by atoms with Gasteiger partial charge in [-0.15, -0.1) is 0 Å². The van der Waals surface area contributed by atoms with Crippen molar-refractivity contribution in [2.45, 2.75) is 210 Å². The van der Waals surface area contributed by atoms with E-state index < -0.39 is 110 Å². The molecule has 0 spiro atoms. The summed E-state index contributed by atoms with van der Waals surface area (Å²) in [4.78, 5) is 63.6. The standard InChI is InChI=1S/C43H72N2O16/c1-5-7-14-28(48)16-17-33(50)44-18-11-15-29(49)27-20-26(6-2)39(61-43-38(54)37(53)35(51)23(3)57-43)30(21-27)59-42-34(45-24(4)47)40(36(52)32(22-46)60-42)58-31(41(55)56)19-25-12-9-8-10-13-25/h23,25-27,30-32,34-40,42-43,46,51-54H,5-22H2,1-4H3,(H,44,50)(H,45,47)(H,55,56)/t23?,26?,27?,30-,31+,32+,34?,35-,36+,37+,38?,39-,40?,42-,43+/m1/s1. The Kier molecular flexibility index (Phi) is 20.9. The minimum Gasteiger partial charge on any atom is -0.479 e. The van der Waals surface area contributed by atoms with Gasteiger partial charge in [0, 0.05) is 45.1 Å². The van der Waals surface area contributed by atoms with Gasteiger partial charge < -0.3 is 65.0 Å². The second-order valence-corrected chi connectivity index (χ2v) is 17.5. The number of aliphatic hydroxyl groups excluding tert-OH is 5. The number of nitrogens with one attached hydrogen (secondary N) is 2. The van der Waals surface area contributed by atoms with Gasteiger partial charge in [0.05, 0.1) is 24.9 Å². The Hall–Kier alpha value is -2.65. The average Bonchev–Trinajstić information content (AvgIpc) is 3.23. The molecule has 4 fully saturated rings. The summed E-state index contributed by atoms with van der Waals surface area (Å²) in [5.41, 5.74) is 0. The van der Waals surface area contributed by atoms with Crippen molar-refractivity contribution in [2.75, 3.05) is 13.2 Å². The molecule has 0 aromatic heterocycles. The van der Waals surface area contributed by atoms with Crippen LogP contribution in [0.2, 0.25) is 0 Å². The van der Waals surface area contributed by atoms with Crippen molar-refractivity contribution in [1.29, 1.82) is 0 Å². The number of carbonyl (C=O) groups excluding carboxylic acids is 4. The molecule has 0 aromatic carbocycles. The fourth-order valence-electron chi connectivity index (χ4n) is 9.16. The van der Waals surface area contributed by atoms with Crippen molar-refractivity contribution in [1.82, 2.24) is 10.6 Å². The Morgan fingerprint density at radius 1 is 0.803 bits per heavy atom. The lowest BCUT2D eigenvalue weighted by atomic mass is 9.74. The molecular formula is C43H72N2O16. The van der Waals surface area contributed by atoms with Gasteiger partial charge in [0.2, 0.25) is 11.8 Å². The van der Waals surface area contributed by atoms with E-state index in [-0.39, 0.29) is 62.0 Å². The number of aliphatic carboxylic acids is 1. The number of unbranched alkanes of at least 4 members (excludes halogenated alkanes) is 1. The maximum atomic E-state index is 13.9. The van der Waals surface area contributed by atoms with E-state index in [9.17, 15) is 54.6 Å². The van der Waals surface area contributed by atoms with Crippen molar-refractivity contribution in [2.24, 2.45) is 17.8 Å². The van der Waals surface area contributed by atoms with Crippen molar-refractivity contribution in [3.8, 4) is 0 Å². The third-order valence-electron chi connectivity index (χ3n) is 12.8. The predicted molar refractivity (Wildman–Crippen MR) is 216 cm³/mol. The lowest BCUT2D eigenvalue weighted by Crippen LogP contribution is -2.67. The van der Waals surface area contributed by atoms with Gasteiger partial charge in [-0.3, -0.25) is 19.2 Å². The maximum absolute atomic E-state index is 13.9. The van der Waals surface area contributed by atoms with E-state index in [1.165, 1.54) is 13.8 Å². The van der Waals surface area contributed by atoms with Gasteiger partial charge in [-0.1, -0.05) is 58.8 Å². The fraction of sp³-hybridized carbons (Fsp3) is 0.884. The van der Waals surface area contributed by atoms with Crippen LogP contribution in [0.15, 0.2) is 0 Å². The first-order chi connectivity index (χ1) is 29.1. The summed E-state index contributed by atoms with van der Waals surface area (Å²) < 4.78 is 31.1. The first-order valence-corrected chi connectivity index (χ1v) is 22.5. The number of hydrogen-bond donors (Lipinski definition) is 8. The average molecular weight is 873 g/mol. The molecule has 0 radical (unpaired) electrons. The molecule has 4 rings (SSSR count). The van der Waals surface area contributed by atoms with Crippen molar-refractivity contribution in [3.05, 3.63) is 0 Å². The van der Waals surface area contributed by atoms with Gasteiger partial charge in [0.25, 0.3) is 0 Å². The third kappa shape index (κ3) is 14.7. The Morgan fingerprint density at radius 2 is 1.52 bits per heavy atom. The molecule has 18 nitrogen and oxygen atoms in total. The van der Waals surface area contributed by atoms with E-state index in [0.29, 0.717) is 25.7 Å². The van der Waals surface area contributed by atoms with Crippen LogP contribution in [0.5, 0.6) is 0 Å². The monoisotopic (exact) mass is 872 g/mol. The molecule has 2 aliphatic carbocycles. The number of carbonyl (C=O) groups is 5. The van der Waals surface area contributed by atoms with Crippen LogP contribution in [0, 0.1) is 17.8 Å². The Morgan fingerprint density at radius 3 is 2.16 bits per heavy atom. The summed E-state index contributed by atoms with van der Waals surface area (Å²) in [5.74, 6) is -3.09. The van der Waals surface area contributed by atoms with E-state index >= 15 is 0 Å². The second kappa shape index (κ2) is 25.0. The molecule has 6 unspecified atom stereocenters. The van der Waals surface area contributed by atoms with Crippen LogP contribution in [0.25, 0.3) is 0 Å². The number of aliphatic hydroxyl groups is 5. The van der Waals surface area contributed by atoms with E-state index in [2.05, 4.69) is 10.6 Å². The summed E-state index contributed by atoms with van der Waals surface area (Å²) >= 11 is 0. The topological polar surface area (TPSA) is 277 Å². The number of carboxylic acid groups (broad SMARTS) is 1. The van der Waals surface area contributed by atoms with Gasteiger partial charge in [0.1, 0.15) is 54.2 Å². The van der Waals surface area contributed by atoms with Gasteiger partial charge in [-0.2, -0.15) is 0 Å². The van der Waals surface area contributed by atoms with Gasteiger partial charge in [-0.25, -0.2) is 4.79 Å². The van der Waals surface area contributed by atoms with Crippen LogP contribution in [-0.2, 0) is 47.7 Å². The molecule has 350 valence electrons. The third-order valence-corrected chi connectivity index (χ3v) is 12.8. The molecule has 2 amide bonds. The van der Waals surface area contributed by atoms with E-state index in [4.69, 9.17) is 23.7 Å². The van der Waals surface area contributed by atoms with Crippen molar-refractivity contribution < 1.29 is 78.3 Å². The van der Waals surface area contributed by atoms with Gasteiger partial charge in [-0.05, 0) is 50.9 Å². The number of ether oxygens (including phenoxy) is 5. The number of rotatable bonds is 23. The first-order valence-electron chi connectivity index (χ1n) is 22.5. The number of carboxylic acids is 1. The highest BCUT2D eigenvalue weighted by molar-refractivity contribution is 5.85. The van der Waals surface area contributed by atoms with E-state index in [0.717, 1.165) is 44.9 Å². The minimum absolute atomic E-state index is 0.0362.